The van der Waals surface area contributed by atoms with Crippen molar-refractivity contribution >= 4 is 22.9 Å². The summed E-state index contributed by atoms with van der Waals surface area (Å²) in [5.74, 6) is 0.252. The third-order valence-corrected chi connectivity index (χ3v) is 5.32. The molecule has 6 N–H and O–H groups in total. The zero-order chi connectivity index (χ0) is 21.4. The molecule has 1 amide bonds. The number of aromatic nitrogens is 4. The number of hydrogen-bond donors (Lipinski definition) is 5. The van der Waals surface area contributed by atoms with E-state index < -0.39 is 30.6 Å². The molecular weight excluding hydrogens is 399 g/mol. The van der Waals surface area contributed by atoms with Gasteiger partial charge in [0.05, 0.1) is 6.54 Å². The molecule has 2 aliphatic rings. The van der Waals surface area contributed by atoms with E-state index in [0.29, 0.717) is 18.9 Å². The molecule has 0 saturated carbocycles. The number of fused-ring (bicyclic) bond motifs is 1. The molecule has 4 heterocycles. The fourth-order valence-electron chi connectivity index (χ4n) is 3.77. The first-order valence-corrected chi connectivity index (χ1v) is 9.75. The first-order chi connectivity index (χ1) is 14.4. The van der Waals surface area contributed by atoms with E-state index in [4.69, 9.17) is 10.5 Å². The van der Waals surface area contributed by atoms with Gasteiger partial charge in [0.1, 0.15) is 24.1 Å². The number of aryl methyl sites for hydroxylation is 1. The summed E-state index contributed by atoms with van der Waals surface area (Å²) < 4.78 is 21.2. The fraction of sp³-hybridized carbons (Fsp3) is 0.647. The van der Waals surface area contributed by atoms with E-state index in [-0.39, 0.29) is 36.0 Å². The molecule has 0 aliphatic carbocycles. The van der Waals surface area contributed by atoms with Crippen molar-refractivity contribution in [1.82, 2.24) is 35.1 Å². The van der Waals surface area contributed by atoms with Crippen molar-refractivity contribution in [3.63, 3.8) is 0 Å². The molecule has 0 aromatic carbocycles. The number of carbonyl (C=O) groups excluding carboxylic acids is 1. The van der Waals surface area contributed by atoms with Crippen molar-refractivity contribution in [1.29, 1.82) is 0 Å². The maximum absolute atomic E-state index is 14.5. The smallest absolute Gasteiger partial charge is 0.293 e. The molecule has 2 aromatic heterocycles. The maximum Gasteiger partial charge on any atom is 0.293 e. The monoisotopic (exact) mass is 424 g/mol. The van der Waals surface area contributed by atoms with Gasteiger partial charge < -0.3 is 36.2 Å². The van der Waals surface area contributed by atoms with Crippen LogP contribution < -0.4 is 16.4 Å². The summed E-state index contributed by atoms with van der Waals surface area (Å²) in [5.41, 5.74) is 5.90. The Morgan fingerprint density at radius 3 is 2.77 bits per heavy atom. The van der Waals surface area contributed by atoms with Crippen LogP contribution >= 0.6 is 0 Å². The number of ether oxygens (including phenoxy) is 1. The van der Waals surface area contributed by atoms with Crippen LogP contribution in [-0.2, 0) is 9.53 Å². The number of imidazole rings is 1. The Hall–Kier alpha value is -2.45. The van der Waals surface area contributed by atoms with E-state index in [1.807, 2.05) is 0 Å². The standard InChI is InChI=1S/C17H25FN8O4/c1-8-22-14(19)11-15(23-8)26(17(18)24-11)16-13(29)12(28)9(30-16)6-21-7-10(27)25-4-2-20-3-5-25/h9,12-13,16,20-21,28-29H,2-7H2,1H3,(H2,19,22,23)/t9-,12-,13-,16-/m1/s1. The van der Waals surface area contributed by atoms with Gasteiger partial charge in [-0.15, -0.1) is 0 Å². The van der Waals surface area contributed by atoms with Crippen LogP contribution in [0.15, 0.2) is 0 Å². The third-order valence-electron chi connectivity index (χ3n) is 5.32. The molecule has 0 radical (unpaired) electrons. The van der Waals surface area contributed by atoms with Gasteiger partial charge in [-0.3, -0.25) is 9.36 Å². The number of aliphatic hydroxyl groups excluding tert-OH is 2. The Balaban J connectivity index is 1.44. The number of nitrogens with two attached hydrogens (primary N) is 1. The molecule has 4 rings (SSSR count). The van der Waals surface area contributed by atoms with Gasteiger partial charge in [0, 0.05) is 32.7 Å². The average molecular weight is 424 g/mol. The number of aliphatic hydroxyl groups is 2. The van der Waals surface area contributed by atoms with Gasteiger partial charge >= 0.3 is 0 Å². The molecular formula is C17H25FN8O4. The van der Waals surface area contributed by atoms with Gasteiger partial charge in [-0.05, 0) is 6.92 Å². The maximum atomic E-state index is 14.5. The quantitative estimate of drug-likeness (QED) is 0.324. The predicted octanol–water partition coefficient (Wildman–Crippen LogP) is -2.50. The van der Waals surface area contributed by atoms with Gasteiger partial charge in [-0.25, -0.2) is 9.97 Å². The normalized spacial score (nSPS) is 27.1. The van der Waals surface area contributed by atoms with E-state index in [9.17, 15) is 19.4 Å². The number of hydrogen-bond acceptors (Lipinski definition) is 10. The van der Waals surface area contributed by atoms with E-state index in [1.54, 1.807) is 11.8 Å². The van der Waals surface area contributed by atoms with E-state index in [2.05, 4.69) is 25.6 Å². The fourth-order valence-corrected chi connectivity index (χ4v) is 3.77. The van der Waals surface area contributed by atoms with E-state index in [1.165, 1.54) is 0 Å². The lowest BCUT2D eigenvalue weighted by atomic mass is 10.1. The van der Waals surface area contributed by atoms with Crippen molar-refractivity contribution in [3.05, 3.63) is 11.9 Å². The lowest BCUT2D eigenvalue weighted by Gasteiger charge is -2.27. The summed E-state index contributed by atoms with van der Waals surface area (Å²) in [5, 5.41) is 27.0. The number of halogens is 1. The summed E-state index contributed by atoms with van der Waals surface area (Å²) in [7, 11) is 0. The minimum Gasteiger partial charge on any atom is -0.387 e. The molecule has 0 unspecified atom stereocenters. The van der Waals surface area contributed by atoms with Crippen LogP contribution in [0, 0.1) is 13.0 Å². The second kappa shape index (κ2) is 8.35. The SMILES string of the molecule is Cc1nc(N)c2nc(F)n([C@@H]3O[C@H](CNCC(=O)N4CCNCC4)[C@@H](O)[C@H]3O)c2n1. The number of anilines is 1. The Labute approximate surface area is 171 Å². The molecule has 2 fully saturated rings. The largest absolute Gasteiger partial charge is 0.387 e. The second-order valence-corrected chi connectivity index (χ2v) is 7.39. The van der Waals surface area contributed by atoms with Crippen LogP contribution in [0.2, 0.25) is 0 Å². The van der Waals surface area contributed by atoms with Gasteiger partial charge in [-0.2, -0.15) is 9.37 Å². The summed E-state index contributed by atoms with van der Waals surface area (Å²) in [6.45, 7) is 4.54. The van der Waals surface area contributed by atoms with Crippen molar-refractivity contribution < 1.29 is 24.1 Å². The highest BCUT2D eigenvalue weighted by Crippen LogP contribution is 2.33. The number of nitrogens with one attached hydrogen (secondary N) is 2. The molecule has 2 aromatic rings. The Morgan fingerprint density at radius 2 is 2.03 bits per heavy atom. The minimum atomic E-state index is -1.43. The predicted molar refractivity (Wildman–Crippen MR) is 103 cm³/mol. The van der Waals surface area contributed by atoms with Gasteiger partial charge in [-0.1, -0.05) is 0 Å². The van der Waals surface area contributed by atoms with E-state index in [0.717, 1.165) is 17.7 Å². The first kappa shape index (κ1) is 20.8. The molecule has 164 valence electrons. The lowest BCUT2D eigenvalue weighted by molar-refractivity contribution is -0.130. The molecule has 2 aliphatic heterocycles. The number of nitrogens with zero attached hydrogens (tertiary/aromatic N) is 5. The molecule has 2 saturated heterocycles. The van der Waals surface area contributed by atoms with Crippen molar-refractivity contribution in [2.45, 2.75) is 31.5 Å². The summed E-state index contributed by atoms with van der Waals surface area (Å²) in [6.07, 6.45) is -5.80. The van der Waals surface area contributed by atoms with Crippen LogP contribution in [0.25, 0.3) is 11.2 Å². The highest BCUT2D eigenvalue weighted by Gasteiger charge is 2.45. The van der Waals surface area contributed by atoms with Crippen LogP contribution in [-0.4, -0.2) is 98.1 Å². The zero-order valence-electron chi connectivity index (χ0n) is 16.5. The number of rotatable bonds is 5. The van der Waals surface area contributed by atoms with Gasteiger partial charge in [0.15, 0.2) is 23.2 Å². The summed E-state index contributed by atoms with van der Waals surface area (Å²) in [4.78, 5) is 25.8. The molecule has 0 spiro atoms. The highest BCUT2D eigenvalue weighted by atomic mass is 19.1. The summed E-state index contributed by atoms with van der Waals surface area (Å²) in [6, 6.07) is 0. The topological polar surface area (TPSA) is 164 Å². The zero-order valence-corrected chi connectivity index (χ0v) is 16.5. The average Bonchev–Trinajstić information content (AvgIpc) is 3.19. The number of amides is 1. The van der Waals surface area contributed by atoms with E-state index >= 15 is 0 Å². The summed E-state index contributed by atoms with van der Waals surface area (Å²) >= 11 is 0. The Morgan fingerprint density at radius 1 is 1.30 bits per heavy atom. The molecule has 0 bridgehead atoms. The molecule has 4 atom stereocenters. The second-order valence-electron chi connectivity index (χ2n) is 7.39. The van der Waals surface area contributed by atoms with Crippen LogP contribution in [0.1, 0.15) is 12.1 Å². The van der Waals surface area contributed by atoms with Crippen molar-refractivity contribution in [2.24, 2.45) is 0 Å². The Kier molecular flexibility index (Phi) is 5.79. The molecule has 12 nitrogen and oxygen atoms in total. The minimum absolute atomic E-state index is 0.00725. The Bertz CT molecular complexity index is 934. The molecule has 13 heteroatoms. The van der Waals surface area contributed by atoms with Crippen molar-refractivity contribution in [2.75, 3.05) is 45.0 Å². The number of nitrogen functional groups attached to an aromatic ring is 1. The van der Waals surface area contributed by atoms with Gasteiger partial charge in [0.2, 0.25) is 5.91 Å². The number of carbonyl (C=O) groups is 1. The number of piperazine rings is 1. The first-order valence-electron chi connectivity index (χ1n) is 9.75. The van der Waals surface area contributed by atoms with Crippen LogP contribution in [0.5, 0.6) is 0 Å². The van der Waals surface area contributed by atoms with Crippen molar-refractivity contribution in [3.8, 4) is 0 Å². The van der Waals surface area contributed by atoms with Crippen LogP contribution in [0.4, 0.5) is 10.2 Å². The van der Waals surface area contributed by atoms with Crippen LogP contribution in [0.3, 0.4) is 0 Å². The highest BCUT2D eigenvalue weighted by molar-refractivity contribution is 5.81. The third kappa shape index (κ3) is 3.81. The lowest BCUT2D eigenvalue weighted by Crippen LogP contribution is -2.50. The molecule has 30 heavy (non-hydrogen) atoms. The van der Waals surface area contributed by atoms with Gasteiger partial charge in [0.25, 0.3) is 6.08 Å².